The minimum Gasteiger partial charge on any atom is -0.378 e. The van der Waals surface area contributed by atoms with E-state index in [1.807, 2.05) is 9.80 Å². The van der Waals surface area contributed by atoms with Crippen molar-refractivity contribution in [3.63, 3.8) is 0 Å². The molecule has 1 aromatic rings. The van der Waals surface area contributed by atoms with Crippen LogP contribution in [0.4, 0.5) is 5.82 Å². The third-order valence-corrected chi connectivity index (χ3v) is 4.07. The molecule has 1 aromatic heterocycles. The third-order valence-electron chi connectivity index (χ3n) is 4.07. The molecule has 1 atom stereocenters. The summed E-state index contributed by atoms with van der Waals surface area (Å²) in [4.78, 5) is 20.7. The summed E-state index contributed by atoms with van der Waals surface area (Å²) in [6.45, 7) is 4.03. The Bertz CT molecular complexity index is 563. The first-order valence-electron chi connectivity index (χ1n) is 7.26. The van der Waals surface area contributed by atoms with Gasteiger partial charge in [0.15, 0.2) is 0 Å². The van der Waals surface area contributed by atoms with Crippen molar-refractivity contribution >= 4 is 11.7 Å². The van der Waals surface area contributed by atoms with Crippen LogP contribution in [0.3, 0.4) is 0 Å². The molecule has 3 heterocycles. The molecule has 0 aliphatic carbocycles. The predicted molar refractivity (Wildman–Crippen MR) is 76.7 cm³/mol. The summed E-state index contributed by atoms with van der Waals surface area (Å²) >= 11 is 0. The molecule has 0 spiro atoms. The number of hydrogen-bond donors (Lipinski definition) is 0. The Morgan fingerprint density at radius 3 is 2.95 bits per heavy atom. The fourth-order valence-electron chi connectivity index (χ4n) is 2.93. The molecule has 0 bridgehead atoms. The summed E-state index contributed by atoms with van der Waals surface area (Å²) in [6, 6.07) is 5.69. The van der Waals surface area contributed by atoms with Gasteiger partial charge in [0.1, 0.15) is 11.9 Å². The highest BCUT2D eigenvalue weighted by atomic mass is 16.5. The van der Waals surface area contributed by atoms with Crippen LogP contribution in [0, 0.1) is 17.2 Å². The van der Waals surface area contributed by atoms with Gasteiger partial charge in [-0.2, -0.15) is 5.26 Å². The quantitative estimate of drug-likeness (QED) is 0.798. The van der Waals surface area contributed by atoms with Crippen molar-refractivity contribution in [3.8, 4) is 6.07 Å². The number of carbonyl (C=O) groups is 1. The molecule has 110 valence electrons. The van der Waals surface area contributed by atoms with Crippen molar-refractivity contribution in [1.82, 2.24) is 9.88 Å². The molecule has 1 unspecified atom stereocenters. The predicted octanol–water partition coefficient (Wildman–Crippen LogP) is 0.638. The maximum absolute atomic E-state index is 12.5. The average Bonchev–Trinajstić information content (AvgIpc) is 3.04. The lowest BCUT2D eigenvalue weighted by Gasteiger charge is -2.29. The molecule has 0 saturated carbocycles. The SMILES string of the molecule is N#Cc1cccnc1N1CCC(C(=O)N2CCOCC2)C1. The van der Waals surface area contributed by atoms with Crippen LogP contribution >= 0.6 is 0 Å². The lowest BCUT2D eigenvalue weighted by Crippen LogP contribution is -2.44. The summed E-state index contributed by atoms with van der Waals surface area (Å²) in [5.41, 5.74) is 0.567. The second kappa shape index (κ2) is 6.10. The molecule has 6 heteroatoms. The number of aromatic nitrogens is 1. The van der Waals surface area contributed by atoms with Crippen LogP contribution in [0.2, 0.25) is 0 Å². The van der Waals surface area contributed by atoms with Gasteiger partial charge in [0.05, 0.1) is 24.7 Å². The van der Waals surface area contributed by atoms with E-state index >= 15 is 0 Å². The van der Waals surface area contributed by atoms with Gasteiger partial charge in [-0.1, -0.05) is 0 Å². The number of pyridine rings is 1. The van der Waals surface area contributed by atoms with Crippen LogP contribution in [-0.4, -0.2) is 55.2 Å². The Morgan fingerprint density at radius 1 is 1.38 bits per heavy atom. The van der Waals surface area contributed by atoms with Crippen LogP contribution in [0.25, 0.3) is 0 Å². The number of nitrogens with zero attached hydrogens (tertiary/aromatic N) is 4. The van der Waals surface area contributed by atoms with Gasteiger partial charge in [-0.3, -0.25) is 4.79 Å². The summed E-state index contributed by atoms with van der Waals surface area (Å²) in [7, 11) is 0. The second-order valence-electron chi connectivity index (χ2n) is 5.36. The molecular weight excluding hydrogens is 268 g/mol. The first kappa shape index (κ1) is 13.8. The normalized spacial score (nSPS) is 22.1. The second-order valence-corrected chi connectivity index (χ2v) is 5.36. The molecule has 2 aliphatic heterocycles. The van der Waals surface area contributed by atoms with E-state index in [4.69, 9.17) is 10.00 Å². The number of anilines is 1. The molecule has 0 radical (unpaired) electrons. The minimum atomic E-state index is -0.00310. The maximum atomic E-state index is 12.5. The number of morpholine rings is 1. The number of nitriles is 1. The van der Waals surface area contributed by atoms with E-state index < -0.39 is 0 Å². The van der Waals surface area contributed by atoms with Crippen molar-refractivity contribution in [2.24, 2.45) is 5.92 Å². The van der Waals surface area contributed by atoms with Gasteiger partial charge in [-0.25, -0.2) is 4.98 Å². The zero-order chi connectivity index (χ0) is 14.7. The monoisotopic (exact) mass is 286 g/mol. The van der Waals surface area contributed by atoms with E-state index in [0.29, 0.717) is 44.2 Å². The lowest BCUT2D eigenvalue weighted by atomic mass is 10.1. The average molecular weight is 286 g/mol. The Balaban J connectivity index is 1.68. The van der Waals surface area contributed by atoms with Crippen LogP contribution in [0.5, 0.6) is 0 Å². The largest absolute Gasteiger partial charge is 0.378 e. The Labute approximate surface area is 123 Å². The number of rotatable bonds is 2. The van der Waals surface area contributed by atoms with Crippen LogP contribution < -0.4 is 4.90 Å². The highest BCUT2D eigenvalue weighted by Crippen LogP contribution is 2.26. The van der Waals surface area contributed by atoms with E-state index in [1.54, 1.807) is 18.3 Å². The molecule has 2 fully saturated rings. The van der Waals surface area contributed by atoms with Crippen molar-refractivity contribution in [2.45, 2.75) is 6.42 Å². The summed E-state index contributed by atoms with van der Waals surface area (Å²) < 4.78 is 5.28. The van der Waals surface area contributed by atoms with Crippen molar-refractivity contribution in [3.05, 3.63) is 23.9 Å². The van der Waals surface area contributed by atoms with Crippen LogP contribution in [0.15, 0.2) is 18.3 Å². The molecule has 21 heavy (non-hydrogen) atoms. The molecule has 0 aromatic carbocycles. The summed E-state index contributed by atoms with van der Waals surface area (Å²) in [6.07, 6.45) is 2.50. The van der Waals surface area contributed by atoms with Gasteiger partial charge in [-0.15, -0.1) is 0 Å². The molecule has 6 nitrogen and oxygen atoms in total. The van der Waals surface area contributed by atoms with Gasteiger partial charge >= 0.3 is 0 Å². The molecule has 3 rings (SSSR count). The number of ether oxygens (including phenoxy) is 1. The zero-order valence-corrected chi connectivity index (χ0v) is 11.9. The van der Waals surface area contributed by atoms with Crippen molar-refractivity contribution in [1.29, 1.82) is 5.26 Å². The van der Waals surface area contributed by atoms with E-state index in [1.165, 1.54) is 0 Å². The van der Waals surface area contributed by atoms with Gasteiger partial charge in [0.25, 0.3) is 0 Å². The summed E-state index contributed by atoms with van der Waals surface area (Å²) in [5, 5.41) is 9.15. The van der Waals surface area contributed by atoms with Gasteiger partial charge in [-0.05, 0) is 18.6 Å². The van der Waals surface area contributed by atoms with Crippen LogP contribution in [-0.2, 0) is 9.53 Å². The fraction of sp³-hybridized carbons (Fsp3) is 0.533. The van der Waals surface area contributed by atoms with Gasteiger partial charge < -0.3 is 14.5 Å². The zero-order valence-electron chi connectivity index (χ0n) is 11.9. The van der Waals surface area contributed by atoms with E-state index in [2.05, 4.69) is 11.1 Å². The Morgan fingerprint density at radius 2 is 2.19 bits per heavy atom. The van der Waals surface area contributed by atoms with E-state index in [0.717, 1.165) is 13.0 Å². The highest BCUT2D eigenvalue weighted by molar-refractivity contribution is 5.80. The highest BCUT2D eigenvalue weighted by Gasteiger charge is 2.33. The minimum absolute atomic E-state index is 0.00310. The number of carbonyl (C=O) groups excluding carboxylic acids is 1. The molecular formula is C15H18N4O2. The first-order chi connectivity index (χ1) is 10.3. The smallest absolute Gasteiger partial charge is 0.227 e. The van der Waals surface area contributed by atoms with Crippen molar-refractivity contribution < 1.29 is 9.53 Å². The topological polar surface area (TPSA) is 69.5 Å². The Hall–Kier alpha value is -2.13. The van der Waals surface area contributed by atoms with Gasteiger partial charge in [0, 0.05) is 32.4 Å². The number of hydrogen-bond acceptors (Lipinski definition) is 5. The molecule has 2 aliphatic rings. The molecule has 2 saturated heterocycles. The first-order valence-corrected chi connectivity index (χ1v) is 7.26. The van der Waals surface area contributed by atoms with Crippen molar-refractivity contribution in [2.75, 3.05) is 44.3 Å². The van der Waals surface area contributed by atoms with Crippen LogP contribution in [0.1, 0.15) is 12.0 Å². The van der Waals surface area contributed by atoms with E-state index in [-0.39, 0.29) is 11.8 Å². The standard InChI is InChI=1S/C15H18N4O2/c16-10-12-2-1-4-17-14(12)19-5-3-13(11-19)15(20)18-6-8-21-9-7-18/h1-2,4,13H,3,5-9,11H2. The third kappa shape index (κ3) is 2.83. The molecule has 0 N–H and O–H groups in total. The Kier molecular flexibility index (Phi) is 4.02. The molecule has 1 amide bonds. The fourth-order valence-corrected chi connectivity index (χ4v) is 2.93. The van der Waals surface area contributed by atoms with Gasteiger partial charge in [0.2, 0.25) is 5.91 Å². The number of amides is 1. The summed E-state index contributed by atoms with van der Waals surface area (Å²) in [5.74, 6) is 0.893. The van der Waals surface area contributed by atoms with E-state index in [9.17, 15) is 4.79 Å². The maximum Gasteiger partial charge on any atom is 0.227 e. The lowest BCUT2D eigenvalue weighted by molar-refractivity contribution is -0.138.